The fraction of sp³-hybridized carbons (Fsp3) is 0.522. The Kier molecular flexibility index (Phi) is 6.68. The first-order valence-electron chi connectivity index (χ1n) is 10.6. The van der Waals surface area contributed by atoms with Crippen LogP contribution in [0.2, 0.25) is 0 Å². The van der Waals surface area contributed by atoms with E-state index in [0.717, 1.165) is 44.0 Å². The lowest BCUT2D eigenvalue weighted by Gasteiger charge is -2.38. The van der Waals surface area contributed by atoms with Crippen molar-refractivity contribution in [2.45, 2.75) is 50.9 Å². The number of aromatic nitrogens is 1. The van der Waals surface area contributed by atoms with Gasteiger partial charge in [-0.2, -0.15) is 0 Å². The van der Waals surface area contributed by atoms with E-state index in [9.17, 15) is 4.39 Å². The highest BCUT2D eigenvalue weighted by Gasteiger charge is 2.25. The molecule has 1 aromatic carbocycles. The monoisotopic (exact) mass is 382 g/mol. The smallest absolute Gasteiger partial charge is 0.127 e. The topological polar surface area (TPSA) is 31.4 Å². The van der Waals surface area contributed by atoms with E-state index in [1.165, 1.54) is 25.7 Å². The Hall–Kier alpha value is -1.82. The van der Waals surface area contributed by atoms with E-state index in [2.05, 4.69) is 32.2 Å². The van der Waals surface area contributed by atoms with Crippen LogP contribution < -0.4 is 5.32 Å². The molecule has 28 heavy (non-hydrogen) atoms. The molecule has 4 nitrogen and oxygen atoms in total. The summed E-state index contributed by atoms with van der Waals surface area (Å²) >= 11 is 0. The number of likely N-dealkylation sites (tertiary alicyclic amines) is 2. The fourth-order valence-corrected chi connectivity index (χ4v) is 4.51. The summed E-state index contributed by atoms with van der Waals surface area (Å²) in [6.45, 7) is 6.00. The third-order valence-corrected chi connectivity index (χ3v) is 6.03. The molecule has 1 aromatic heterocycles. The van der Waals surface area contributed by atoms with Gasteiger partial charge < -0.3 is 5.32 Å². The van der Waals surface area contributed by atoms with E-state index in [1.807, 2.05) is 24.4 Å². The van der Waals surface area contributed by atoms with E-state index in [0.29, 0.717) is 18.6 Å². The fourth-order valence-electron chi connectivity index (χ4n) is 4.51. The Morgan fingerprint density at radius 2 is 1.71 bits per heavy atom. The Morgan fingerprint density at radius 3 is 2.50 bits per heavy atom. The third kappa shape index (κ3) is 5.37. The number of hydrogen-bond donors (Lipinski definition) is 1. The highest BCUT2D eigenvalue weighted by atomic mass is 19.1. The first kappa shape index (κ1) is 19.5. The number of halogens is 1. The van der Waals surface area contributed by atoms with E-state index < -0.39 is 0 Å². The Bertz CT molecular complexity index is 730. The quantitative estimate of drug-likeness (QED) is 0.829. The van der Waals surface area contributed by atoms with Gasteiger partial charge in [-0.05, 0) is 50.4 Å². The summed E-state index contributed by atoms with van der Waals surface area (Å²) in [5.74, 6) is -0.0853. The molecule has 0 radical (unpaired) electrons. The normalized spacial score (nSPS) is 22.4. The molecular formula is C23H31FN4. The zero-order chi connectivity index (χ0) is 19.2. The molecule has 1 atom stereocenters. The largest absolute Gasteiger partial charge is 0.310 e. The number of piperidine rings is 2. The van der Waals surface area contributed by atoms with Crippen LogP contribution in [0.4, 0.5) is 4.39 Å². The van der Waals surface area contributed by atoms with E-state index >= 15 is 0 Å². The number of hydrogen-bond acceptors (Lipinski definition) is 4. The van der Waals surface area contributed by atoms with Crippen molar-refractivity contribution in [3.05, 3.63) is 65.7 Å². The van der Waals surface area contributed by atoms with Gasteiger partial charge in [-0.1, -0.05) is 24.3 Å². The van der Waals surface area contributed by atoms with Crippen LogP contribution in [-0.4, -0.2) is 53.0 Å². The van der Waals surface area contributed by atoms with Gasteiger partial charge in [0.15, 0.2) is 0 Å². The number of nitrogens with zero attached hydrogens (tertiary/aromatic N) is 3. The minimum absolute atomic E-state index is 0.0853. The summed E-state index contributed by atoms with van der Waals surface area (Å²) in [5.41, 5.74) is 1.97. The standard InChI is InChI=1S/C23H31FN4/c24-23-9-2-1-6-19(23)16-28-13-5-8-22(18-28)26-20-10-14-27(15-11-20)17-21-7-3-4-12-25-21/h1-4,6-7,9,12,20,22,26H,5,8,10-11,13-18H2. The summed E-state index contributed by atoms with van der Waals surface area (Å²) in [7, 11) is 0. The molecule has 2 saturated heterocycles. The van der Waals surface area contributed by atoms with Gasteiger partial charge in [0.2, 0.25) is 0 Å². The summed E-state index contributed by atoms with van der Waals surface area (Å²) in [6.07, 6.45) is 6.67. The van der Waals surface area contributed by atoms with E-state index in [1.54, 1.807) is 12.1 Å². The maximum Gasteiger partial charge on any atom is 0.127 e. The van der Waals surface area contributed by atoms with Crippen LogP contribution in [-0.2, 0) is 13.1 Å². The van der Waals surface area contributed by atoms with Crippen molar-refractivity contribution < 1.29 is 4.39 Å². The second-order valence-corrected chi connectivity index (χ2v) is 8.20. The zero-order valence-electron chi connectivity index (χ0n) is 16.6. The predicted molar refractivity (Wildman–Crippen MR) is 110 cm³/mol. The Labute approximate surface area is 167 Å². The minimum Gasteiger partial charge on any atom is -0.310 e. The highest BCUT2D eigenvalue weighted by Crippen LogP contribution is 2.19. The molecule has 0 amide bonds. The molecule has 3 heterocycles. The molecule has 2 fully saturated rings. The molecule has 0 aliphatic carbocycles. The van der Waals surface area contributed by atoms with Crippen molar-refractivity contribution in [3.8, 4) is 0 Å². The van der Waals surface area contributed by atoms with Crippen molar-refractivity contribution in [3.63, 3.8) is 0 Å². The van der Waals surface area contributed by atoms with Crippen LogP contribution in [0, 0.1) is 5.82 Å². The maximum atomic E-state index is 14.0. The predicted octanol–water partition coefficient (Wildman–Crippen LogP) is 3.44. The molecule has 1 unspecified atom stereocenters. The molecule has 2 aromatic rings. The number of benzene rings is 1. The molecule has 1 N–H and O–H groups in total. The summed E-state index contributed by atoms with van der Waals surface area (Å²) in [4.78, 5) is 9.35. The van der Waals surface area contributed by atoms with Gasteiger partial charge in [0, 0.05) is 56.6 Å². The van der Waals surface area contributed by atoms with Crippen molar-refractivity contribution in [2.24, 2.45) is 0 Å². The lowest BCUT2D eigenvalue weighted by atomic mass is 9.99. The van der Waals surface area contributed by atoms with E-state index in [4.69, 9.17) is 0 Å². The zero-order valence-corrected chi connectivity index (χ0v) is 16.6. The van der Waals surface area contributed by atoms with Crippen molar-refractivity contribution >= 4 is 0 Å². The molecule has 5 heteroatoms. The molecule has 2 aliphatic rings. The first-order valence-corrected chi connectivity index (χ1v) is 10.6. The van der Waals surface area contributed by atoms with Crippen LogP contribution in [0.3, 0.4) is 0 Å². The molecule has 0 bridgehead atoms. The van der Waals surface area contributed by atoms with Gasteiger partial charge in [-0.25, -0.2) is 4.39 Å². The molecular weight excluding hydrogens is 351 g/mol. The van der Waals surface area contributed by atoms with Gasteiger partial charge in [-0.3, -0.25) is 14.8 Å². The second-order valence-electron chi connectivity index (χ2n) is 8.20. The van der Waals surface area contributed by atoms with Crippen LogP contribution in [0.1, 0.15) is 36.9 Å². The van der Waals surface area contributed by atoms with Crippen LogP contribution in [0.5, 0.6) is 0 Å². The number of pyridine rings is 1. The highest BCUT2D eigenvalue weighted by molar-refractivity contribution is 5.17. The van der Waals surface area contributed by atoms with Crippen molar-refractivity contribution in [2.75, 3.05) is 26.2 Å². The Balaban J connectivity index is 1.22. The summed E-state index contributed by atoms with van der Waals surface area (Å²) in [5, 5.41) is 3.89. The van der Waals surface area contributed by atoms with E-state index in [-0.39, 0.29) is 5.82 Å². The van der Waals surface area contributed by atoms with Crippen LogP contribution in [0.15, 0.2) is 48.7 Å². The lowest BCUT2D eigenvalue weighted by Crippen LogP contribution is -2.51. The van der Waals surface area contributed by atoms with Gasteiger partial charge >= 0.3 is 0 Å². The molecule has 4 rings (SSSR count). The third-order valence-electron chi connectivity index (χ3n) is 6.03. The minimum atomic E-state index is -0.0853. The van der Waals surface area contributed by atoms with Crippen LogP contribution >= 0.6 is 0 Å². The maximum absolute atomic E-state index is 14.0. The lowest BCUT2D eigenvalue weighted by molar-refractivity contribution is 0.145. The summed E-state index contributed by atoms with van der Waals surface area (Å²) < 4.78 is 14.0. The molecule has 0 saturated carbocycles. The van der Waals surface area contributed by atoms with Gasteiger partial charge in [0.05, 0.1) is 5.69 Å². The van der Waals surface area contributed by atoms with Gasteiger partial charge in [0.25, 0.3) is 0 Å². The molecule has 150 valence electrons. The van der Waals surface area contributed by atoms with Crippen molar-refractivity contribution in [1.29, 1.82) is 0 Å². The molecule has 2 aliphatic heterocycles. The van der Waals surface area contributed by atoms with Crippen molar-refractivity contribution in [1.82, 2.24) is 20.1 Å². The number of nitrogens with one attached hydrogen (secondary N) is 1. The second kappa shape index (κ2) is 9.59. The first-order chi connectivity index (χ1) is 13.8. The molecule has 0 spiro atoms. The number of rotatable bonds is 6. The van der Waals surface area contributed by atoms with Gasteiger partial charge in [-0.15, -0.1) is 0 Å². The average Bonchev–Trinajstić information content (AvgIpc) is 2.72. The SMILES string of the molecule is Fc1ccccc1CN1CCCC(NC2CCN(Cc3ccccn3)CC2)C1. The Morgan fingerprint density at radius 1 is 0.893 bits per heavy atom. The van der Waals surface area contributed by atoms with Gasteiger partial charge in [0.1, 0.15) is 5.82 Å². The summed E-state index contributed by atoms with van der Waals surface area (Å²) in [6, 6.07) is 14.4. The van der Waals surface area contributed by atoms with Crippen LogP contribution in [0.25, 0.3) is 0 Å². The average molecular weight is 383 g/mol.